The summed E-state index contributed by atoms with van der Waals surface area (Å²) in [6, 6.07) is 9.60. The van der Waals surface area contributed by atoms with Crippen molar-refractivity contribution in [1.29, 1.82) is 0 Å². The number of nitrogens with zero attached hydrogens (tertiary/aromatic N) is 4. The van der Waals surface area contributed by atoms with E-state index in [4.69, 9.17) is 19.4 Å². The zero-order valence-electron chi connectivity index (χ0n) is 17.9. The third-order valence-electron chi connectivity index (χ3n) is 5.90. The Morgan fingerprint density at radius 1 is 1.23 bits per heavy atom. The van der Waals surface area contributed by atoms with Crippen LogP contribution < -0.4 is 4.74 Å². The van der Waals surface area contributed by atoms with E-state index in [2.05, 4.69) is 23.3 Å². The number of methoxy groups -OCH3 is 2. The Morgan fingerprint density at radius 3 is 2.71 bits per heavy atom. The number of aromatic nitrogens is 4. The van der Waals surface area contributed by atoms with Crippen LogP contribution >= 0.6 is 0 Å². The number of fused-ring (bicyclic) bond motifs is 2. The fourth-order valence-electron chi connectivity index (χ4n) is 4.10. The molecule has 1 aliphatic rings. The van der Waals surface area contributed by atoms with E-state index in [9.17, 15) is 4.79 Å². The summed E-state index contributed by atoms with van der Waals surface area (Å²) in [5.41, 5.74) is 5.63. The van der Waals surface area contributed by atoms with Crippen LogP contribution in [-0.2, 0) is 11.3 Å². The molecule has 0 radical (unpaired) electrons. The van der Waals surface area contributed by atoms with Crippen LogP contribution in [0.2, 0.25) is 0 Å². The van der Waals surface area contributed by atoms with Crippen molar-refractivity contribution >= 4 is 28.7 Å². The molecule has 5 rings (SSSR count). The van der Waals surface area contributed by atoms with Gasteiger partial charge >= 0.3 is 5.97 Å². The third kappa shape index (κ3) is 3.17. The van der Waals surface area contributed by atoms with E-state index in [1.54, 1.807) is 25.3 Å². The van der Waals surface area contributed by atoms with E-state index < -0.39 is 5.97 Å². The molecule has 7 heteroatoms. The molecule has 0 bridgehead atoms. The van der Waals surface area contributed by atoms with Gasteiger partial charge in [-0.1, -0.05) is 6.58 Å². The lowest BCUT2D eigenvalue weighted by Gasteiger charge is -2.10. The second-order valence-electron chi connectivity index (χ2n) is 7.95. The average molecular weight is 416 g/mol. The molecule has 31 heavy (non-hydrogen) atoms. The van der Waals surface area contributed by atoms with Crippen LogP contribution in [-0.4, -0.2) is 39.1 Å². The van der Waals surface area contributed by atoms with E-state index in [1.807, 2.05) is 17.4 Å². The number of carbonyl (C=O) groups is 1. The Hall–Kier alpha value is -3.61. The van der Waals surface area contributed by atoms with E-state index in [0.717, 1.165) is 40.4 Å². The van der Waals surface area contributed by atoms with E-state index in [0.29, 0.717) is 23.0 Å². The molecule has 4 aromatic heterocycles. The van der Waals surface area contributed by atoms with Gasteiger partial charge in [0.2, 0.25) is 0 Å². The van der Waals surface area contributed by atoms with Gasteiger partial charge in [-0.3, -0.25) is 4.40 Å². The van der Waals surface area contributed by atoms with Crippen LogP contribution in [0.4, 0.5) is 0 Å². The lowest BCUT2D eigenvalue weighted by molar-refractivity contribution is 0.0600. The standard InChI is InChI=1S/C24H24N4O3/c1-5-18-9-8-16-10-19(27(23(16)25-18)13-15-6-7-15)22-14(2)28-20(26-22)11-17(24(29)31-4)12-21(28)30-3/h5,8-12,15H,1,6-7,13H2,2-4H3. The summed E-state index contributed by atoms with van der Waals surface area (Å²) in [6.07, 6.45) is 4.24. The van der Waals surface area contributed by atoms with Crippen LogP contribution in [0.3, 0.4) is 0 Å². The molecule has 0 aliphatic heterocycles. The SMILES string of the molecule is C=Cc1ccc2cc(-c3nc4cc(C(=O)OC)cc(OC)n4c3C)n(CC3CC3)c2n1. The van der Waals surface area contributed by atoms with Crippen molar-refractivity contribution in [3.05, 3.63) is 53.9 Å². The van der Waals surface area contributed by atoms with Crippen LogP contribution in [0, 0.1) is 12.8 Å². The van der Waals surface area contributed by atoms with Gasteiger partial charge in [0.25, 0.3) is 0 Å². The molecule has 0 atom stereocenters. The van der Waals surface area contributed by atoms with Gasteiger partial charge in [-0.15, -0.1) is 0 Å². The highest BCUT2D eigenvalue weighted by atomic mass is 16.5. The van der Waals surface area contributed by atoms with Crippen molar-refractivity contribution < 1.29 is 14.3 Å². The molecule has 0 amide bonds. The zero-order valence-corrected chi connectivity index (χ0v) is 17.9. The molecule has 7 nitrogen and oxygen atoms in total. The van der Waals surface area contributed by atoms with Gasteiger partial charge in [-0.2, -0.15) is 0 Å². The van der Waals surface area contributed by atoms with Crippen LogP contribution in [0.1, 0.15) is 34.6 Å². The molecule has 0 N–H and O–H groups in total. The summed E-state index contributed by atoms with van der Waals surface area (Å²) in [4.78, 5) is 21.8. The fraction of sp³-hybridized carbons (Fsp3) is 0.292. The predicted octanol–water partition coefficient (Wildman–Crippen LogP) is 4.51. The summed E-state index contributed by atoms with van der Waals surface area (Å²) in [7, 11) is 2.95. The van der Waals surface area contributed by atoms with Crippen LogP contribution in [0.5, 0.6) is 5.88 Å². The van der Waals surface area contributed by atoms with Crippen molar-refractivity contribution in [2.75, 3.05) is 14.2 Å². The van der Waals surface area contributed by atoms with Gasteiger partial charge < -0.3 is 14.0 Å². The maximum absolute atomic E-state index is 12.1. The van der Waals surface area contributed by atoms with Crippen LogP contribution in [0.25, 0.3) is 34.1 Å². The Balaban J connectivity index is 1.76. The maximum Gasteiger partial charge on any atom is 0.338 e. The Labute approximate surface area is 179 Å². The highest BCUT2D eigenvalue weighted by Crippen LogP contribution is 2.37. The van der Waals surface area contributed by atoms with Crippen molar-refractivity contribution in [3.63, 3.8) is 0 Å². The number of imidazole rings is 1. The monoisotopic (exact) mass is 416 g/mol. The number of ether oxygens (including phenoxy) is 2. The Bertz CT molecular complexity index is 1340. The number of pyridine rings is 2. The van der Waals surface area contributed by atoms with Gasteiger partial charge in [0.1, 0.15) is 17.0 Å². The zero-order chi connectivity index (χ0) is 21.7. The minimum absolute atomic E-state index is 0.402. The van der Waals surface area contributed by atoms with Gasteiger partial charge in [-0.05, 0) is 56.0 Å². The molecule has 0 unspecified atom stereocenters. The molecule has 0 saturated heterocycles. The number of aryl methyl sites for hydroxylation is 1. The largest absolute Gasteiger partial charge is 0.482 e. The third-order valence-corrected chi connectivity index (χ3v) is 5.90. The molecular weight excluding hydrogens is 392 g/mol. The van der Waals surface area contributed by atoms with E-state index in [-0.39, 0.29) is 0 Å². The molecule has 4 heterocycles. The number of hydrogen-bond acceptors (Lipinski definition) is 5. The quantitative estimate of drug-likeness (QED) is 0.433. The van der Waals surface area contributed by atoms with Gasteiger partial charge in [-0.25, -0.2) is 14.8 Å². The Morgan fingerprint density at radius 2 is 2.03 bits per heavy atom. The number of carbonyl (C=O) groups excluding carboxylic acids is 1. The van der Waals surface area contributed by atoms with Gasteiger partial charge in [0, 0.05) is 18.0 Å². The van der Waals surface area contributed by atoms with Crippen molar-refractivity contribution in [1.82, 2.24) is 18.9 Å². The van der Waals surface area contributed by atoms with Crippen molar-refractivity contribution in [2.24, 2.45) is 5.92 Å². The lowest BCUT2D eigenvalue weighted by Crippen LogP contribution is -2.05. The molecule has 1 fully saturated rings. The second-order valence-corrected chi connectivity index (χ2v) is 7.95. The van der Waals surface area contributed by atoms with E-state index >= 15 is 0 Å². The van der Waals surface area contributed by atoms with Gasteiger partial charge in [0.05, 0.1) is 36.9 Å². The number of rotatable bonds is 6. The molecule has 0 spiro atoms. The molecular formula is C24H24N4O3. The number of hydrogen-bond donors (Lipinski definition) is 0. The summed E-state index contributed by atoms with van der Waals surface area (Å²) in [5.74, 6) is 0.777. The molecule has 158 valence electrons. The summed E-state index contributed by atoms with van der Waals surface area (Å²) in [6.45, 7) is 6.78. The first-order valence-corrected chi connectivity index (χ1v) is 10.3. The summed E-state index contributed by atoms with van der Waals surface area (Å²) in [5, 5.41) is 1.07. The topological polar surface area (TPSA) is 70.7 Å². The van der Waals surface area contributed by atoms with Crippen molar-refractivity contribution in [3.8, 4) is 17.3 Å². The number of esters is 1. The molecule has 0 aromatic carbocycles. The normalized spacial score (nSPS) is 13.6. The summed E-state index contributed by atoms with van der Waals surface area (Å²) >= 11 is 0. The minimum Gasteiger partial charge on any atom is -0.482 e. The Kier molecular flexibility index (Phi) is 4.54. The van der Waals surface area contributed by atoms with Crippen LogP contribution in [0.15, 0.2) is 36.9 Å². The fourth-order valence-corrected chi connectivity index (χ4v) is 4.10. The molecule has 1 aliphatic carbocycles. The first kappa shape index (κ1) is 19.4. The van der Waals surface area contributed by atoms with Gasteiger partial charge in [0.15, 0.2) is 5.88 Å². The highest BCUT2D eigenvalue weighted by molar-refractivity contribution is 5.91. The second kappa shape index (κ2) is 7.27. The lowest BCUT2D eigenvalue weighted by atomic mass is 10.2. The minimum atomic E-state index is -0.424. The predicted molar refractivity (Wildman–Crippen MR) is 119 cm³/mol. The highest BCUT2D eigenvalue weighted by Gasteiger charge is 2.26. The first-order valence-electron chi connectivity index (χ1n) is 10.3. The van der Waals surface area contributed by atoms with Crippen molar-refractivity contribution in [2.45, 2.75) is 26.3 Å². The smallest absolute Gasteiger partial charge is 0.338 e. The van der Waals surface area contributed by atoms with E-state index in [1.165, 1.54) is 20.0 Å². The maximum atomic E-state index is 12.1. The molecule has 1 saturated carbocycles. The first-order chi connectivity index (χ1) is 15.0. The average Bonchev–Trinajstić information content (AvgIpc) is 3.47. The molecule has 4 aromatic rings. The summed E-state index contributed by atoms with van der Waals surface area (Å²) < 4.78 is 14.6.